The molecule has 15 heavy (non-hydrogen) atoms. The lowest BCUT2D eigenvalue weighted by Gasteiger charge is -1.99. The van der Waals surface area contributed by atoms with Gasteiger partial charge in [0, 0.05) is 18.2 Å². The summed E-state index contributed by atoms with van der Waals surface area (Å²) >= 11 is 0. The average molecular weight is 201 g/mol. The zero-order chi connectivity index (χ0) is 10.7. The van der Waals surface area contributed by atoms with Crippen LogP contribution < -0.4 is 0 Å². The van der Waals surface area contributed by atoms with Gasteiger partial charge in [0.05, 0.1) is 5.69 Å². The van der Waals surface area contributed by atoms with Crippen LogP contribution in [0.2, 0.25) is 0 Å². The minimum absolute atomic E-state index is 0.371. The molecule has 0 saturated heterocycles. The van der Waals surface area contributed by atoms with Crippen LogP contribution >= 0.6 is 0 Å². The number of nitrogens with one attached hydrogen (secondary N) is 1. The van der Waals surface area contributed by atoms with Gasteiger partial charge in [-0.05, 0) is 12.0 Å². The summed E-state index contributed by atoms with van der Waals surface area (Å²) in [4.78, 5) is 3.23. The molecule has 2 aromatic rings. The first kappa shape index (κ1) is 9.84. The molecule has 0 saturated carbocycles. The highest BCUT2D eigenvalue weighted by atomic mass is 16.3. The van der Waals surface area contributed by atoms with Crippen molar-refractivity contribution in [3.8, 4) is 5.75 Å². The zero-order valence-electron chi connectivity index (χ0n) is 8.83. The van der Waals surface area contributed by atoms with Crippen molar-refractivity contribution in [2.75, 3.05) is 0 Å². The van der Waals surface area contributed by atoms with E-state index in [0.29, 0.717) is 5.75 Å². The van der Waals surface area contributed by atoms with Crippen LogP contribution in [0.1, 0.15) is 23.9 Å². The van der Waals surface area contributed by atoms with E-state index >= 15 is 0 Å². The van der Waals surface area contributed by atoms with Gasteiger partial charge in [-0.15, -0.1) is 0 Å². The van der Waals surface area contributed by atoms with E-state index in [1.165, 1.54) is 5.56 Å². The molecule has 0 amide bonds. The predicted octanol–water partition coefficient (Wildman–Crippen LogP) is 2.87. The standard InChI is InChI=1S/C13H15NO/c1-2-11-9-13(15)12(14-11)8-10-6-4-3-5-7-10/h3-7,9,14-15H,2,8H2,1H3. The Morgan fingerprint density at radius 1 is 1.20 bits per heavy atom. The van der Waals surface area contributed by atoms with Crippen molar-refractivity contribution in [3.05, 3.63) is 53.3 Å². The van der Waals surface area contributed by atoms with Crippen LogP contribution in [-0.2, 0) is 12.8 Å². The minimum Gasteiger partial charge on any atom is -0.506 e. The summed E-state index contributed by atoms with van der Waals surface area (Å²) in [5.74, 6) is 0.371. The number of H-pyrrole nitrogens is 1. The van der Waals surface area contributed by atoms with Crippen LogP contribution in [0, 0.1) is 0 Å². The average Bonchev–Trinajstić information content (AvgIpc) is 2.61. The van der Waals surface area contributed by atoms with Gasteiger partial charge in [-0.2, -0.15) is 0 Å². The van der Waals surface area contributed by atoms with E-state index in [9.17, 15) is 5.11 Å². The van der Waals surface area contributed by atoms with E-state index in [-0.39, 0.29) is 0 Å². The summed E-state index contributed by atoms with van der Waals surface area (Å²) in [6.45, 7) is 2.07. The fraction of sp³-hybridized carbons (Fsp3) is 0.231. The molecule has 1 heterocycles. The number of aromatic amines is 1. The molecule has 0 spiro atoms. The Morgan fingerprint density at radius 2 is 1.93 bits per heavy atom. The molecule has 78 valence electrons. The molecule has 0 unspecified atom stereocenters. The Morgan fingerprint density at radius 3 is 2.53 bits per heavy atom. The molecule has 0 aliphatic heterocycles. The van der Waals surface area contributed by atoms with Crippen LogP contribution in [0.25, 0.3) is 0 Å². The van der Waals surface area contributed by atoms with E-state index < -0.39 is 0 Å². The van der Waals surface area contributed by atoms with Crippen molar-refractivity contribution < 1.29 is 5.11 Å². The molecular formula is C13H15NO. The second kappa shape index (κ2) is 4.22. The van der Waals surface area contributed by atoms with E-state index in [1.807, 2.05) is 18.2 Å². The van der Waals surface area contributed by atoms with Gasteiger partial charge in [0.2, 0.25) is 0 Å². The third kappa shape index (κ3) is 2.21. The number of aromatic hydroxyl groups is 1. The van der Waals surface area contributed by atoms with Gasteiger partial charge in [0.15, 0.2) is 0 Å². The second-order valence-electron chi connectivity index (χ2n) is 3.67. The summed E-state index contributed by atoms with van der Waals surface area (Å²) in [6, 6.07) is 11.9. The second-order valence-corrected chi connectivity index (χ2v) is 3.67. The molecule has 1 aromatic heterocycles. The quantitative estimate of drug-likeness (QED) is 0.787. The van der Waals surface area contributed by atoms with E-state index in [1.54, 1.807) is 6.07 Å². The molecule has 0 aliphatic rings. The Bertz CT molecular complexity index is 431. The van der Waals surface area contributed by atoms with E-state index in [2.05, 4.69) is 24.0 Å². The first-order valence-corrected chi connectivity index (χ1v) is 5.23. The highest BCUT2D eigenvalue weighted by Gasteiger charge is 2.06. The molecule has 0 radical (unpaired) electrons. The summed E-state index contributed by atoms with van der Waals surface area (Å²) < 4.78 is 0. The third-order valence-electron chi connectivity index (χ3n) is 2.54. The molecule has 0 atom stereocenters. The first-order valence-electron chi connectivity index (χ1n) is 5.23. The van der Waals surface area contributed by atoms with Crippen LogP contribution in [0.15, 0.2) is 36.4 Å². The molecule has 2 heteroatoms. The Labute approximate surface area is 89.6 Å². The van der Waals surface area contributed by atoms with Gasteiger partial charge < -0.3 is 10.1 Å². The number of rotatable bonds is 3. The smallest absolute Gasteiger partial charge is 0.136 e. The number of hydrogen-bond acceptors (Lipinski definition) is 1. The number of hydrogen-bond donors (Lipinski definition) is 2. The summed E-state index contributed by atoms with van der Waals surface area (Å²) in [7, 11) is 0. The van der Waals surface area contributed by atoms with Crippen LogP contribution in [0.5, 0.6) is 5.75 Å². The van der Waals surface area contributed by atoms with Crippen molar-refractivity contribution in [1.29, 1.82) is 0 Å². The van der Waals surface area contributed by atoms with E-state index in [0.717, 1.165) is 24.2 Å². The maximum atomic E-state index is 9.69. The van der Waals surface area contributed by atoms with Gasteiger partial charge in [-0.1, -0.05) is 37.3 Å². The molecule has 1 aromatic carbocycles. The maximum Gasteiger partial charge on any atom is 0.136 e. The number of aromatic nitrogens is 1. The third-order valence-corrected chi connectivity index (χ3v) is 2.54. The Balaban J connectivity index is 2.21. The highest BCUT2D eigenvalue weighted by Crippen LogP contribution is 2.21. The molecule has 0 bridgehead atoms. The van der Waals surface area contributed by atoms with E-state index in [4.69, 9.17) is 0 Å². The fourth-order valence-electron chi connectivity index (χ4n) is 1.67. The monoisotopic (exact) mass is 201 g/mol. The lowest BCUT2D eigenvalue weighted by atomic mass is 10.1. The largest absolute Gasteiger partial charge is 0.506 e. The lowest BCUT2D eigenvalue weighted by Crippen LogP contribution is -1.89. The van der Waals surface area contributed by atoms with Crippen molar-refractivity contribution in [2.24, 2.45) is 0 Å². The fourth-order valence-corrected chi connectivity index (χ4v) is 1.67. The number of benzene rings is 1. The van der Waals surface area contributed by atoms with Crippen molar-refractivity contribution in [2.45, 2.75) is 19.8 Å². The number of aryl methyl sites for hydroxylation is 1. The topological polar surface area (TPSA) is 36.0 Å². The van der Waals surface area contributed by atoms with Crippen LogP contribution in [0.4, 0.5) is 0 Å². The van der Waals surface area contributed by atoms with Crippen LogP contribution in [0.3, 0.4) is 0 Å². The van der Waals surface area contributed by atoms with Crippen molar-refractivity contribution in [1.82, 2.24) is 4.98 Å². The normalized spacial score (nSPS) is 10.5. The molecular weight excluding hydrogens is 186 g/mol. The summed E-state index contributed by atoms with van der Waals surface area (Å²) in [6.07, 6.45) is 1.68. The van der Waals surface area contributed by atoms with Gasteiger partial charge in [-0.25, -0.2) is 0 Å². The predicted molar refractivity (Wildman–Crippen MR) is 61.1 cm³/mol. The summed E-state index contributed by atoms with van der Waals surface area (Å²) in [5.41, 5.74) is 3.19. The molecule has 2 nitrogen and oxygen atoms in total. The van der Waals surface area contributed by atoms with Gasteiger partial charge in [0.25, 0.3) is 0 Å². The SMILES string of the molecule is CCc1cc(O)c(Cc2ccccc2)[nH]1. The zero-order valence-corrected chi connectivity index (χ0v) is 8.83. The highest BCUT2D eigenvalue weighted by molar-refractivity contribution is 5.35. The van der Waals surface area contributed by atoms with Gasteiger partial charge >= 0.3 is 0 Å². The summed E-state index contributed by atoms with van der Waals surface area (Å²) in [5, 5.41) is 9.69. The minimum atomic E-state index is 0.371. The Hall–Kier alpha value is -1.70. The lowest BCUT2D eigenvalue weighted by molar-refractivity contribution is 0.470. The van der Waals surface area contributed by atoms with Gasteiger partial charge in [-0.3, -0.25) is 0 Å². The molecule has 0 aliphatic carbocycles. The van der Waals surface area contributed by atoms with Crippen LogP contribution in [-0.4, -0.2) is 10.1 Å². The molecule has 2 rings (SSSR count). The van der Waals surface area contributed by atoms with Gasteiger partial charge in [0.1, 0.15) is 5.75 Å². The van der Waals surface area contributed by atoms with Crippen molar-refractivity contribution >= 4 is 0 Å². The Kier molecular flexibility index (Phi) is 2.77. The first-order chi connectivity index (χ1) is 7.29. The molecule has 0 fully saturated rings. The maximum absolute atomic E-state index is 9.69. The molecule has 2 N–H and O–H groups in total. The van der Waals surface area contributed by atoms with Crippen molar-refractivity contribution in [3.63, 3.8) is 0 Å².